The molecule has 0 amide bonds. The highest BCUT2D eigenvalue weighted by atomic mass is 19.1. The van der Waals surface area contributed by atoms with Crippen LogP contribution in [0.5, 0.6) is 0 Å². The van der Waals surface area contributed by atoms with E-state index < -0.39 is 0 Å². The minimum absolute atomic E-state index is 0.259. The number of aromatic nitrogens is 2. The van der Waals surface area contributed by atoms with Crippen molar-refractivity contribution in [1.29, 1.82) is 0 Å². The summed E-state index contributed by atoms with van der Waals surface area (Å²) < 4.78 is 18.4. The molecule has 2 aromatic rings. The molecule has 1 aromatic heterocycles. The average molecular weight is 289 g/mol. The maximum absolute atomic E-state index is 12.9. The highest BCUT2D eigenvalue weighted by molar-refractivity contribution is 5.53. The van der Waals surface area contributed by atoms with Gasteiger partial charge in [-0.3, -0.25) is 0 Å². The molecule has 112 valence electrons. The van der Waals surface area contributed by atoms with Gasteiger partial charge in [0.05, 0.1) is 5.92 Å². The molecule has 0 saturated carbocycles. The van der Waals surface area contributed by atoms with Crippen LogP contribution in [-0.2, 0) is 0 Å². The van der Waals surface area contributed by atoms with Crippen LogP contribution in [0.1, 0.15) is 38.0 Å². The van der Waals surface area contributed by atoms with Crippen LogP contribution >= 0.6 is 0 Å². The molecule has 21 heavy (non-hydrogen) atoms. The Morgan fingerprint density at radius 1 is 1.33 bits per heavy atom. The van der Waals surface area contributed by atoms with Crippen molar-refractivity contribution in [3.8, 4) is 11.4 Å². The fourth-order valence-electron chi connectivity index (χ4n) is 2.89. The van der Waals surface area contributed by atoms with Crippen LogP contribution in [0.25, 0.3) is 11.4 Å². The number of rotatable bonds is 4. The van der Waals surface area contributed by atoms with Crippen molar-refractivity contribution in [2.45, 2.75) is 32.1 Å². The number of hydrogen-bond donors (Lipinski definition) is 0. The number of nitrogens with zero attached hydrogens (tertiary/aromatic N) is 3. The quantitative estimate of drug-likeness (QED) is 0.864. The number of benzene rings is 1. The largest absolute Gasteiger partial charge is 0.339 e. The summed E-state index contributed by atoms with van der Waals surface area (Å²) in [5, 5.41) is 4.04. The number of piperidine rings is 1. The van der Waals surface area contributed by atoms with E-state index in [9.17, 15) is 4.39 Å². The van der Waals surface area contributed by atoms with E-state index in [2.05, 4.69) is 22.0 Å². The Morgan fingerprint density at radius 2 is 2.14 bits per heavy atom. The highest BCUT2D eigenvalue weighted by Crippen LogP contribution is 2.27. The maximum Gasteiger partial charge on any atom is 0.231 e. The smallest absolute Gasteiger partial charge is 0.231 e. The van der Waals surface area contributed by atoms with Crippen LogP contribution in [0.4, 0.5) is 4.39 Å². The molecule has 0 spiro atoms. The van der Waals surface area contributed by atoms with Gasteiger partial charge >= 0.3 is 0 Å². The highest BCUT2D eigenvalue weighted by Gasteiger charge is 2.25. The lowest BCUT2D eigenvalue weighted by Gasteiger charge is -2.30. The van der Waals surface area contributed by atoms with Crippen molar-refractivity contribution in [3.63, 3.8) is 0 Å². The molecule has 4 nitrogen and oxygen atoms in total. The van der Waals surface area contributed by atoms with Gasteiger partial charge in [-0.1, -0.05) is 12.1 Å². The van der Waals surface area contributed by atoms with Gasteiger partial charge in [-0.25, -0.2) is 4.39 Å². The van der Waals surface area contributed by atoms with Crippen LogP contribution in [0.2, 0.25) is 0 Å². The normalized spacial score (nSPS) is 19.8. The molecule has 1 aliphatic heterocycles. The molecule has 1 saturated heterocycles. The van der Waals surface area contributed by atoms with Crippen LogP contribution in [-0.4, -0.2) is 34.7 Å². The third-order valence-corrected chi connectivity index (χ3v) is 3.94. The van der Waals surface area contributed by atoms with E-state index in [0.717, 1.165) is 38.0 Å². The zero-order valence-electron chi connectivity index (χ0n) is 12.3. The predicted molar refractivity (Wildman–Crippen MR) is 78.4 cm³/mol. The third kappa shape index (κ3) is 3.29. The summed E-state index contributed by atoms with van der Waals surface area (Å²) in [5.74, 6) is 1.30. The van der Waals surface area contributed by atoms with Gasteiger partial charge < -0.3 is 9.42 Å². The van der Waals surface area contributed by atoms with Gasteiger partial charge in [0.15, 0.2) is 0 Å². The van der Waals surface area contributed by atoms with Crippen LogP contribution in [0, 0.1) is 5.82 Å². The summed E-state index contributed by atoms with van der Waals surface area (Å²) in [5.41, 5.74) is 0.785. The summed E-state index contributed by atoms with van der Waals surface area (Å²) in [4.78, 5) is 6.96. The second kappa shape index (κ2) is 6.35. The number of halogens is 1. The molecule has 1 unspecified atom stereocenters. The summed E-state index contributed by atoms with van der Waals surface area (Å²) in [7, 11) is 0. The molecule has 1 fully saturated rings. The Hall–Kier alpha value is -1.75. The van der Waals surface area contributed by atoms with E-state index in [0.29, 0.717) is 17.6 Å². The fourth-order valence-corrected chi connectivity index (χ4v) is 2.89. The van der Waals surface area contributed by atoms with Crippen molar-refractivity contribution < 1.29 is 8.91 Å². The van der Waals surface area contributed by atoms with E-state index >= 15 is 0 Å². The lowest BCUT2D eigenvalue weighted by atomic mass is 9.98. The van der Waals surface area contributed by atoms with Crippen molar-refractivity contribution in [3.05, 3.63) is 36.0 Å². The minimum Gasteiger partial charge on any atom is -0.339 e. The molecule has 3 rings (SSSR count). The average Bonchev–Trinajstić information content (AvgIpc) is 2.98. The number of hydrogen-bond acceptors (Lipinski definition) is 4. The first-order valence-corrected chi connectivity index (χ1v) is 7.58. The van der Waals surface area contributed by atoms with Crippen molar-refractivity contribution in [1.82, 2.24) is 15.0 Å². The molecule has 1 aromatic carbocycles. The van der Waals surface area contributed by atoms with E-state index in [1.54, 1.807) is 12.1 Å². The summed E-state index contributed by atoms with van der Waals surface area (Å²) >= 11 is 0. The monoisotopic (exact) mass is 289 g/mol. The summed E-state index contributed by atoms with van der Waals surface area (Å²) in [6.07, 6.45) is 3.42. The first-order valence-electron chi connectivity index (χ1n) is 7.58. The lowest BCUT2D eigenvalue weighted by Crippen LogP contribution is -2.34. The Morgan fingerprint density at radius 3 is 2.90 bits per heavy atom. The van der Waals surface area contributed by atoms with E-state index in [1.807, 2.05) is 0 Å². The number of likely N-dealkylation sites (tertiary alicyclic amines) is 1. The Bertz CT molecular complexity index is 579. The second-order valence-corrected chi connectivity index (χ2v) is 5.60. The van der Waals surface area contributed by atoms with Gasteiger partial charge in [0.25, 0.3) is 0 Å². The predicted octanol–water partition coefficient (Wildman–Crippen LogP) is 3.47. The zero-order valence-corrected chi connectivity index (χ0v) is 12.3. The first kappa shape index (κ1) is 14.2. The molecule has 1 aliphatic rings. The standard InChI is InChI=1S/C16H20FN3O/c1-2-9-20-10-3-4-13(11-20)16-18-15(19-21-16)12-5-7-14(17)8-6-12/h5-8,13H,2-4,9-11H2,1H3. The molecule has 0 radical (unpaired) electrons. The Balaban J connectivity index is 1.73. The second-order valence-electron chi connectivity index (χ2n) is 5.60. The van der Waals surface area contributed by atoms with Crippen molar-refractivity contribution in [2.24, 2.45) is 0 Å². The molecule has 0 N–H and O–H groups in total. The summed E-state index contributed by atoms with van der Waals surface area (Å²) in [6, 6.07) is 6.17. The molecule has 1 atom stereocenters. The van der Waals surface area contributed by atoms with Gasteiger partial charge in [0, 0.05) is 12.1 Å². The maximum atomic E-state index is 12.9. The molecular weight excluding hydrogens is 269 g/mol. The lowest BCUT2D eigenvalue weighted by molar-refractivity contribution is 0.187. The SMILES string of the molecule is CCCN1CCCC(c2nc(-c3ccc(F)cc3)no2)C1. The third-order valence-electron chi connectivity index (χ3n) is 3.94. The van der Waals surface area contributed by atoms with E-state index in [-0.39, 0.29) is 5.82 Å². The van der Waals surface area contributed by atoms with E-state index in [4.69, 9.17) is 4.52 Å². The topological polar surface area (TPSA) is 42.2 Å². The fraction of sp³-hybridized carbons (Fsp3) is 0.500. The van der Waals surface area contributed by atoms with Crippen LogP contribution in [0.15, 0.2) is 28.8 Å². The Kier molecular flexibility index (Phi) is 4.29. The molecule has 0 aliphatic carbocycles. The van der Waals surface area contributed by atoms with Gasteiger partial charge in [-0.2, -0.15) is 4.98 Å². The van der Waals surface area contributed by atoms with Gasteiger partial charge in [-0.05, 0) is 56.6 Å². The molecule has 0 bridgehead atoms. The molecular formula is C16H20FN3O. The van der Waals surface area contributed by atoms with Crippen molar-refractivity contribution in [2.75, 3.05) is 19.6 Å². The van der Waals surface area contributed by atoms with Crippen molar-refractivity contribution >= 4 is 0 Å². The van der Waals surface area contributed by atoms with Crippen LogP contribution in [0.3, 0.4) is 0 Å². The van der Waals surface area contributed by atoms with Gasteiger partial charge in [-0.15, -0.1) is 0 Å². The molecule has 5 heteroatoms. The summed E-state index contributed by atoms with van der Waals surface area (Å²) in [6.45, 7) is 5.46. The first-order chi connectivity index (χ1) is 10.3. The van der Waals surface area contributed by atoms with E-state index in [1.165, 1.54) is 18.6 Å². The van der Waals surface area contributed by atoms with Gasteiger partial charge in [0.1, 0.15) is 5.82 Å². The van der Waals surface area contributed by atoms with Crippen LogP contribution < -0.4 is 0 Å². The molecule has 2 heterocycles. The Labute approximate surface area is 124 Å². The zero-order chi connectivity index (χ0) is 14.7. The van der Waals surface area contributed by atoms with Gasteiger partial charge in [0.2, 0.25) is 11.7 Å². The minimum atomic E-state index is -0.259.